The van der Waals surface area contributed by atoms with E-state index in [0.717, 1.165) is 22.0 Å². The predicted octanol–water partition coefficient (Wildman–Crippen LogP) is 5.69. The Morgan fingerprint density at radius 1 is 1.20 bits per heavy atom. The molecule has 0 saturated carbocycles. The van der Waals surface area contributed by atoms with Gasteiger partial charge in [-0.1, -0.05) is 45.7 Å². The molecule has 2 aromatic rings. The number of non-ortho nitro benzene ring substituents is 1. The van der Waals surface area contributed by atoms with E-state index in [1.54, 1.807) is 12.1 Å². The number of benzene rings is 2. The molecule has 0 bridgehead atoms. The van der Waals surface area contributed by atoms with Gasteiger partial charge in [-0.05, 0) is 45.6 Å². The van der Waals surface area contributed by atoms with E-state index >= 15 is 0 Å². The number of rotatable bonds is 4. The summed E-state index contributed by atoms with van der Waals surface area (Å²) in [5, 5.41) is 11.3. The molecule has 1 unspecified atom stereocenters. The summed E-state index contributed by atoms with van der Waals surface area (Å²) < 4.78 is 0.859. The second kappa shape index (κ2) is 6.70. The molecule has 104 valence electrons. The molecule has 20 heavy (non-hydrogen) atoms. The third kappa shape index (κ3) is 3.81. The first-order chi connectivity index (χ1) is 9.47. The van der Waals surface area contributed by atoms with E-state index in [0.29, 0.717) is 5.02 Å². The Kier molecular flexibility index (Phi) is 5.18. The molecule has 0 radical (unpaired) electrons. The zero-order valence-electron chi connectivity index (χ0n) is 10.2. The minimum atomic E-state index is -0.399. The smallest absolute Gasteiger partial charge is 0.258 e. The van der Waals surface area contributed by atoms with Crippen molar-refractivity contribution >= 4 is 49.1 Å². The van der Waals surface area contributed by atoms with Crippen LogP contribution in [0.15, 0.2) is 46.9 Å². The molecule has 0 aliphatic heterocycles. The summed E-state index contributed by atoms with van der Waals surface area (Å²) >= 11 is 13.1. The van der Waals surface area contributed by atoms with Gasteiger partial charge in [0.05, 0.1) is 9.95 Å². The minimum Gasteiger partial charge on any atom is -0.258 e. The molecule has 2 rings (SSSR count). The molecule has 0 N–H and O–H groups in total. The lowest BCUT2D eigenvalue weighted by molar-refractivity contribution is -0.384. The molecule has 0 saturated heterocycles. The van der Waals surface area contributed by atoms with Crippen molar-refractivity contribution in [2.75, 3.05) is 0 Å². The van der Waals surface area contributed by atoms with Crippen LogP contribution in [0.1, 0.15) is 16.0 Å². The summed E-state index contributed by atoms with van der Waals surface area (Å²) in [5.74, 6) is 0. The summed E-state index contributed by atoms with van der Waals surface area (Å²) in [4.78, 5) is 10.3. The van der Waals surface area contributed by atoms with Gasteiger partial charge in [-0.15, -0.1) is 0 Å². The maximum absolute atomic E-state index is 10.6. The Morgan fingerprint density at radius 3 is 2.40 bits per heavy atom. The van der Waals surface area contributed by atoms with Gasteiger partial charge in [-0.2, -0.15) is 0 Å². The molecule has 0 fully saturated rings. The van der Waals surface area contributed by atoms with Crippen molar-refractivity contribution in [1.82, 2.24) is 0 Å². The van der Waals surface area contributed by atoms with E-state index in [4.69, 9.17) is 11.6 Å². The molecule has 1 atom stereocenters. The van der Waals surface area contributed by atoms with E-state index in [2.05, 4.69) is 31.9 Å². The lowest BCUT2D eigenvalue weighted by Crippen LogP contribution is -1.96. The SMILES string of the molecule is O=[N+]([O-])c1ccc(CC(Br)c2ccc(Br)c(Cl)c2)cc1. The maximum Gasteiger partial charge on any atom is 0.269 e. The van der Waals surface area contributed by atoms with Crippen LogP contribution in [-0.2, 0) is 6.42 Å². The van der Waals surface area contributed by atoms with Crippen LogP contribution in [0.4, 0.5) is 5.69 Å². The first-order valence-corrected chi connectivity index (χ1v) is 7.88. The first-order valence-electron chi connectivity index (χ1n) is 5.79. The molecule has 6 heteroatoms. The van der Waals surface area contributed by atoms with Gasteiger partial charge in [0.1, 0.15) is 0 Å². The van der Waals surface area contributed by atoms with E-state index in [1.807, 2.05) is 18.2 Å². The van der Waals surface area contributed by atoms with Gasteiger partial charge in [0.15, 0.2) is 0 Å². The van der Waals surface area contributed by atoms with E-state index < -0.39 is 4.92 Å². The fourth-order valence-corrected chi connectivity index (χ4v) is 2.88. The van der Waals surface area contributed by atoms with Gasteiger partial charge in [-0.25, -0.2) is 0 Å². The Morgan fingerprint density at radius 2 is 1.85 bits per heavy atom. The summed E-state index contributed by atoms with van der Waals surface area (Å²) in [6.45, 7) is 0. The van der Waals surface area contributed by atoms with E-state index in [1.165, 1.54) is 12.1 Å². The van der Waals surface area contributed by atoms with Crippen molar-refractivity contribution in [3.05, 3.63) is 73.2 Å². The lowest BCUT2D eigenvalue weighted by atomic mass is 10.0. The standard InChI is InChI=1S/C14H10Br2ClNO2/c15-12-6-3-10(8-14(12)17)13(16)7-9-1-4-11(5-2-9)18(19)20/h1-6,8,13H,7H2. The van der Waals surface area contributed by atoms with Crippen LogP contribution in [0.5, 0.6) is 0 Å². The number of hydrogen-bond acceptors (Lipinski definition) is 2. The van der Waals surface area contributed by atoms with Crippen LogP contribution in [-0.4, -0.2) is 4.92 Å². The van der Waals surface area contributed by atoms with Gasteiger partial charge in [-0.3, -0.25) is 10.1 Å². The molecule has 0 aliphatic rings. The van der Waals surface area contributed by atoms with Crippen molar-refractivity contribution in [3.8, 4) is 0 Å². The summed E-state index contributed by atoms with van der Waals surface area (Å²) in [6, 6.07) is 12.4. The van der Waals surface area contributed by atoms with Crippen molar-refractivity contribution in [3.63, 3.8) is 0 Å². The van der Waals surface area contributed by atoms with Crippen LogP contribution in [0.2, 0.25) is 5.02 Å². The van der Waals surface area contributed by atoms with Crippen LogP contribution in [0.25, 0.3) is 0 Å². The molecule has 3 nitrogen and oxygen atoms in total. The Labute approximate surface area is 138 Å². The largest absolute Gasteiger partial charge is 0.269 e. The molecule has 0 amide bonds. The van der Waals surface area contributed by atoms with E-state index in [9.17, 15) is 10.1 Å². The Balaban J connectivity index is 2.12. The number of nitro benzene ring substituents is 1. The second-order valence-electron chi connectivity index (χ2n) is 4.27. The highest BCUT2D eigenvalue weighted by atomic mass is 79.9. The lowest BCUT2D eigenvalue weighted by Gasteiger charge is -2.11. The van der Waals surface area contributed by atoms with Crippen LogP contribution < -0.4 is 0 Å². The topological polar surface area (TPSA) is 43.1 Å². The minimum absolute atomic E-state index is 0.103. The predicted molar refractivity (Wildman–Crippen MR) is 87.6 cm³/mol. The van der Waals surface area contributed by atoms with E-state index in [-0.39, 0.29) is 10.5 Å². The van der Waals surface area contributed by atoms with Gasteiger partial charge >= 0.3 is 0 Å². The number of hydrogen-bond donors (Lipinski definition) is 0. The fraction of sp³-hybridized carbons (Fsp3) is 0.143. The van der Waals surface area contributed by atoms with Gasteiger partial charge in [0.2, 0.25) is 0 Å². The average molecular weight is 420 g/mol. The normalized spacial score (nSPS) is 12.2. The first kappa shape index (κ1) is 15.5. The number of nitro groups is 1. The molecule has 0 aliphatic carbocycles. The molecule has 0 aromatic heterocycles. The van der Waals surface area contributed by atoms with Crippen molar-refractivity contribution in [2.24, 2.45) is 0 Å². The third-order valence-corrected chi connectivity index (χ3v) is 4.95. The van der Waals surface area contributed by atoms with Gasteiger partial charge in [0.25, 0.3) is 5.69 Å². The highest BCUT2D eigenvalue weighted by Crippen LogP contribution is 2.32. The molecule has 2 aromatic carbocycles. The average Bonchev–Trinajstić information content (AvgIpc) is 2.42. The molecular formula is C14H10Br2ClNO2. The van der Waals surface area contributed by atoms with Crippen molar-refractivity contribution in [1.29, 1.82) is 0 Å². The quantitative estimate of drug-likeness (QED) is 0.363. The van der Waals surface area contributed by atoms with Crippen LogP contribution >= 0.6 is 43.5 Å². The maximum atomic E-state index is 10.6. The monoisotopic (exact) mass is 417 g/mol. The van der Waals surface area contributed by atoms with Gasteiger partial charge in [0, 0.05) is 21.4 Å². The number of halogens is 3. The molecular weight excluding hydrogens is 409 g/mol. The number of alkyl halides is 1. The van der Waals surface area contributed by atoms with Crippen LogP contribution in [0, 0.1) is 10.1 Å². The zero-order valence-corrected chi connectivity index (χ0v) is 14.2. The second-order valence-corrected chi connectivity index (χ2v) is 6.64. The molecule has 0 heterocycles. The summed E-state index contributed by atoms with van der Waals surface area (Å²) in [7, 11) is 0. The van der Waals surface area contributed by atoms with Crippen LogP contribution in [0.3, 0.4) is 0 Å². The fourth-order valence-electron chi connectivity index (χ4n) is 1.79. The third-order valence-electron chi connectivity index (χ3n) is 2.87. The summed E-state index contributed by atoms with van der Waals surface area (Å²) in [6.07, 6.45) is 0.732. The summed E-state index contributed by atoms with van der Waals surface area (Å²) in [5.41, 5.74) is 2.19. The van der Waals surface area contributed by atoms with Crippen molar-refractivity contribution < 1.29 is 4.92 Å². The highest BCUT2D eigenvalue weighted by molar-refractivity contribution is 9.10. The zero-order chi connectivity index (χ0) is 14.7. The number of nitrogens with zero attached hydrogens (tertiary/aromatic N) is 1. The van der Waals surface area contributed by atoms with Crippen molar-refractivity contribution in [2.45, 2.75) is 11.2 Å². The van der Waals surface area contributed by atoms with Gasteiger partial charge < -0.3 is 0 Å². The Hall–Kier alpha value is -0.910. The Bertz CT molecular complexity index is 632. The highest BCUT2D eigenvalue weighted by Gasteiger charge is 2.11. The molecule has 0 spiro atoms.